The summed E-state index contributed by atoms with van der Waals surface area (Å²) in [6, 6.07) is 0. The van der Waals surface area contributed by atoms with Crippen LogP contribution in [0.2, 0.25) is 0 Å². The van der Waals surface area contributed by atoms with Gasteiger partial charge in [0.2, 0.25) is 0 Å². The Labute approximate surface area is 80.6 Å². The first-order valence-electron chi connectivity index (χ1n) is 5.64. The molecular formula is C11H20O2. The fraction of sp³-hybridized carbons (Fsp3) is 1.00. The lowest BCUT2D eigenvalue weighted by Crippen LogP contribution is -2.20. The van der Waals surface area contributed by atoms with Crippen LogP contribution in [0.3, 0.4) is 0 Å². The minimum absolute atomic E-state index is 0.405. The Bertz CT molecular complexity index is 135. The molecule has 1 heterocycles. The van der Waals surface area contributed by atoms with Crippen LogP contribution >= 0.6 is 0 Å². The second kappa shape index (κ2) is 4.97. The Morgan fingerprint density at radius 2 is 1.92 bits per heavy atom. The van der Waals surface area contributed by atoms with Crippen LogP contribution in [-0.4, -0.2) is 25.9 Å². The second-order valence-electron chi connectivity index (χ2n) is 4.32. The van der Waals surface area contributed by atoms with Gasteiger partial charge in [0.05, 0.1) is 12.7 Å². The Balaban J connectivity index is 1.60. The largest absolute Gasteiger partial charge is 0.379 e. The topological polar surface area (TPSA) is 18.5 Å². The second-order valence-corrected chi connectivity index (χ2v) is 4.32. The van der Waals surface area contributed by atoms with Crippen LogP contribution in [0.15, 0.2) is 0 Å². The van der Waals surface area contributed by atoms with E-state index in [1.807, 2.05) is 0 Å². The van der Waals surface area contributed by atoms with Gasteiger partial charge in [0, 0.05) is 13.2 Å². The van der Waals surface area contributed by atoms with Crippen molar-refractivity contribution in [3.8, 4) is 0 Å². The van der Waals surface area contributed by atoms with E-state index in [9.17, 15) is 0 Å². The molecule has 0 N–H and O–H groups in total. The summed E-state index contributed by atoms with van der Waals surface area (Å²) >= 11 is 0. The number of hydrogen-bond acceptors (Lipinski definition) is 2. The molecule has 0 bridgehead atoms. The Morgan fingerprint density at radius 1 is 1.08 bits per heavy atom. The first-order valence-corrected chi connectivity index (χ1v) is 5.64. The molecular weight excluding hydrogens is 164 g/mol. The van der Waals surface area contributed by atoms with Gasteiger partial charge in [-0.15, -0.1) is 0 Å². The number of rotatable bonds is 3. The van der Waals surface area contributed by atoms with Crippen molar-refractivity contribution in [1.29, 1.82) is 0 Å². The van der Waals surface area contributed by atoms with Crippen molar-refractivity contribution >= 4 is 0 Å². The van der Waals surface area contributed by atoms with Crippen LogP contribution in [0.25, 0.3) is 0 Å². The summed E-state index contributed by atoms with van der Waals surface area (Å²) in [6.07, 6.45) is 8.53. The van der Waals surface area contributed by atoms with E-state index < -0.39 is 0 Å². The van der Waals surface area contributed by atoms with E-state index in [4.69, 9.17) is 9.47 Å². The maximum atomic E-state index is 5.82. The highest BCUT2D eigenvalue weighted by Crippen LogP contribution is 2.24. The molecule has 0 radical (unpaired) electrons. The fourth-order valence-electron chi connectivity index (χ4n) is 2.27. The molecule has 2 aliphatic rings. The minimum Gasteiger partial charge on any atom is -0.379 e. The summed E-state index contributed by atoms with van der Waals surface area (Å²) in [5, 5.41) is 0. The molecule has 0 aromatic carbocycles. The summed E-state index contributed by atoms with van der Waals surface area (Å²) in [6.45, 7) is 2.70. The van der Waals surface area contributed by atoms with E-state index in [0.717, 1.165) is 32.2 Å². The third-order valence-corrected chi connectivity index (χ3v) is 3.18. The molecule has 76 valence electrons. The van der Waals surface area contributed by atoms with E-state index in [2.05, 4.69) is 0 Å². The molecule has 1 saturated carbocycles. The SMILES string of the molecule is C1CCC(COC2CCOC2)CC1. The molecule has 13 heavy (non-hydrogen) atoms. The van der Waals surface area contributed by atoms with Crippen molar-refractivity contribution in [3.05, 3.63) is 0 Å². The molecule has 2 heteroatoms. The lowest BCUT2D eigenvalue weighted by atomic mass is 9.90. The van der Waals surface area contributed by atoms with E-state index >= 15 is 0 Å². The van der Waals surface area contributed by atoms with Gasteiger partial charge in [0.15, 0.2) is 0 Å². The van der Waals surface area contributed by atoms with E-state index in [0.29, 0.717) is 6.10 Å². The van der Waals surface area contributed by atoms with Gasteiger partial charge in [-0.1, -0.05) is 19.3 Å². The first-order chi connectivity index (χ1) is 6.45. The van der Waals surface area contributed by atoms with Gasteiger partial charge in [0.25, 0.3) is 0 Å². The van der Waals surface area contributed by atoms with Crippen LogP contribution in [0, 0.1) is 5.92 Å². The maximum Gasteiger partial charge on any atom is 0.0830 e. The summed E-state index contributed by atoms with van der Waals surface area (Å²) in [5.74, 6) is 0.842. The van der Waals surface area contributed by atoms with Gasteiger partial charge in [-0.05, 0) is 25.2 Å². The van der Waals surface area contributed by atoms with Crippen LogP contribution < -0.4 is 0 Å². The molecule has 1 unspecified atom stereocenters. The quantitative estimate of drug-likeness (QED) is 0.670. The standard InChI is InChI=1S/C11H20O2/c1-2-4-10(5-3-1)8-13-11-6-7-12-9-11/h10-11H,1-9H2. The third kappa shape index (κ3) is 2.96. The molecule has 0 amide bonds. The van der Waals surface area contributed by atoms with E-state index in [1.165, 1.54) is 32.1 Å². The van der Waals surface area contributed by atoms with Crippen molar-refractivity contribution < 1.29 is 9.47 Å². The average molecular weight is 184 g/mol. The highest BCUT2D eigenvalue weighted by Gasteiger charge is 2.19. The van der Waals surface area contributed by atoms with Crippen LogP contribution in [-0.2, 0) is 9.47 Å². The first kappa shape index (κ1) is 9.47. The number of ether oxygens (including phenoxy) is 2. The van der Waals surface area contributed by atoms with Crippen molar-refractivity contribution in [2.24, 2.45) is 5.92 Å². The molecule has 2 nitrogen and oxygen atoms in total. The van der Waals surface area contributed by atoms with Gasteiger partial charge in [-0.2, -0.15) is 0 Å². The third-order valence-electron chi connectivity index (χ3n) is 3.18. The average Bonchev–Trinajstić information content (AvgIpc) is 2.69. The Hall–Kier alpha value is -0.0800. The summed E-state index contributed by atoms with van der Waals surface area (Å²) in [5.41, 5.74) is 0. The van der Waals surface area contributed by atoms with Gasteiger partial charge < -0.3 is 9.47 Å². The highest BCUT2D eigenvalue weighted by atomic mass is 16.5. The van der Waals surface area contributed by atoms with Gasteiger partial charge in [0.1, 0.15) is 0 Å². The van der Waals surface area contributed by atoms with Crippen LogP contribution in [0.1, 0.15) is 38.5 Å². The van der Waals surface area contributed by atoms with Gasteiger partial charge in [-0.25, -0.2) is 0 Å². The zero-order chi connectivity index (χ0) is 8.93. The molecule has 1 saturated heterocycles. The molecule has 2 rings (SSSR count). The molecule has 1 aliphatic carbocycles. The molecule has 0 spiro atoms. The summed E-state index contributed by atoms with van der Waals surface area (Å²) < 4.78 is 11.1. The molecule has 2 fully saturated rings. The monoisotopic (exact) mass is 184 g/mol. The molecule has 0 aromatic heterocycles. The zero-order valence-corrected chi connectivity index (χ0v) is 8.34. The minimum atomic E-state index is 0.405. The molecule has 1 aliphatic heterocycles. The molecule has 0 aromatic rings. The summed E-state index contributed by atoms with van der Waals surface area (Å²) in [4.78, 5) is 0. The highest BCUT2D eigenvalue weighted by molar-refractivity contribution is 4.68. The van der Waals surface area contributed by atoms with Crippen LogP contribution in [0.4, 0.5) is 0 Å². The molecule has 1 atom stereocenters. The van der Waals surface area contributed by atoms with Crippen LogP contribution in [0.5, 0.6) is 0 Å². The van der Waals surface area contributed by atoms with Crippen molar-refractivity contribution in [2.75, 3.05) is 19.8 Å². The summed E-state index contributed by atoms with van der Waals surface area (Å²) in [7, 11) is 0. The van der Waals surface area contributed by atoms with Crippen molar-refractivity contribution in [3.63, 3.8) is 0 Å². The lowest BCUT2D eigenvalue weighted by molar-refractivity contribution is 0.0148. The van der Waals surface area contributed by atoms with Crippen molar-refractivity contribution in [2.45, 2.75) is 44.6 Å². The Morgan fingerprint density at radius 3 is 2.62 bits per heavy atom. The van der Waals surface area contributed by atoms with E-state index in [1.54, 1.807) is 0 Å². The Kier molecular flexibility index (Phi) is 3.62. The van der Waals surface area contributed by atoms with E-state index in [-0.39, 0.29) is 0 Å². The smallest absolute Gasteiger partial charge is 0.0830 e. The predicted molar refractivity (Wildman–Crippen MR) is 51.8 cm³/mol. The normalized spacial score (nSPS) is 30.9. The fourth-order valence-corrected chi connectivity index (χ4v) is 2.27. The predicted octanol–water partition coefficient (Wildman–Crippen LogP) is 2.37. The maximum absolute atomic E-state index is 5.82. The zero-order valence-electron chi connectivity index (χ0n) is 8.34. The lowest BCUT2D eigenvalue weighted by Gasteiger charge is -2.22. The van der Waals surface area contributed by atoms with Crippen molar-refractivity contribution in [1.82, 2.24) is 0 Å². The number of hydrogen-bond donors (Lipinski definition) is 0. The van der Waals surface area contributed by atoms with Gasteiger partial charge >= 0.3 is 0 Å². The van der Waals surface area contributed by atoms with Gasteiger partial charge in [-0.3, -0.25) is 0 Å².